The van der Waals surface area contributed by atoms with Crippen molar-refractivity contribution < 1.29 is 4.39 Å². The van der Waals surface area contributed by atoms with Gasteiger partial charge in [0.05, 0.1) is 11.7 Å². The maximum Gasteiger partial charge on any atom is 0.141 e. The van der Waals surface area contributed by atoms with E-state index < -0.39 is 0 Å². The zero-order valence-electron chi connectivity index (χ0n) is 7.93. The van der Waals surface area contributed by atoms with Gasteiger partial charge in [0, 0.05) is 29.7 Å². The van der Waals surface area contributed by atoms with E-state index in [0.29, 0.717) is 12.0 Å². The van der Waals surface area contributed by atoms with Crippen LogP contribution in [0.15, 0.2) is 30.2 Å². The first kappa shape index (κ1) is 10.2. The molecule has 2 aromatic heterocycles. The van der Waals surface area contributed by atoms with Crippen LogP contribution in [-0.4, -0.2) is 9.97 Å². The van der Waals surface area contributed by atoms with Gasteiger partial charge < -0.3 is 5.73 Å². The zero-order valence-corrected chi connectivity index (χ0v) is 8.75. The van der Waals surface area contributed by atoms with Crippen molar-refractivity contribution in [2.75, 3.05) is 0 Å². The van der Waals surface area contributed by atoms with Crippen molar-refractivity contribution in [3.63, 3.8) is 0 Å². The van der Waals surface area contributed by atoms with Gasteiger partial charge in [0.15, 0.2) is 0 Å². The van der Waals surface area contributed by atoms with Crippen molar-refractivity contribution in [1.82, 2.24) is 9.97 Å². The largest absolute Gasteiger partial charge is 0.324 e. The summed E-state index contributed by atoms with van der Waals surface area (Å²) >= 11 is 1.54. The summed E-state index contributed by atoms with van der Waals surface area (Å²) in [5.41, 5.74) is 8.39. The number of rotatable bonds is 3. The lowest BCUT2D eigenvalue weighted by atomic mass is 10.1. The minimum Gasteiger partial charge on any atom is -0.324 e. The lowest BCUT2D eigenvalue weighted by Gasteiger charge is -2.09. The monoisotopic (exact) mass is 223 g/mol. The van der Waals surface area contributed by atoms with Gasteiger partial charge in [0.25, 0.3) is 0 Å². The molecule has 2 aromatic rings. The predicted molar refractivity (Wildman–Crippen MR) is 56.9 cm³/mol. The zero-order chi connectivity index (χ0) is 10.7. The van der Waals surface area contributed by atoms with E-state index in [-0.39, 0.29) is 11.9 Å². The van der Waals surface area contributed by atoms with E-state index in [1.54, 1.807) is 29.2 Å². The molecule has 78 valence electrons. The van der Waals surface area contributed by atoms with Crippen LogP contribution in [0.25, 0.3) is 0 Å². The number of nitrogens with zero attached hydrogens (tertiary/aromatic N) is 2. The Hall–Kier alpha value is -1.33. The highest BCUT2D eigenvalue weighted by atomic mass is 32.1. The highest BCUT2D eigenvalue weighted by Gasteiger charge is 2.09. The van der Waals surface area contributed by atoms with Crippen molar-refractivity contribution in [3.05, 3.63) is 46.4 Å². The summed E-state index contributed by atoms with van der Waals surface area (Å²) < 4.78 is 12.9. The molecule has 0 aliphatic rings. The van der Waals surface area contributed by atoms with Crippen molar-refractivity contribution in [1.29, 1.82) is 0 Å². The Morgan fingerprint density at radius 3 is 2.87 bits per heavy atom. The summed E-state index contributed by atoms with van der Waals surface area (Å²) in [6, 6.07) is 1.19. The number of nitrogens with two attached hydrogens (primary N) is 1. The van der Waals surface area contributed by atoms with Gasteiger partial charge in [-0.3, -0.25) is 9.97 Å². The average Bonchev–Trinajstić information content (AvgIpc) is 2.70. The molecular formula is C10H10FN3S. The maximum absolute atomic E-state index is 12.9. The first-order valence-corrected chi connectivity index (χ1v) is 5.37. The van der Waals surface area contributed by atoms with Crippen LogP contribution in [0.1, 0.15) is 16.5 Å². The summed E-state index contributed by atoms with van der Waals surface area (Å²) in [4.78, 5) is 8.82. The van der Waals surface area contributed by atoms with Gasteiger partial charge in [-0.05, 0) is 11.6 Å². The summed E-state index contributed by atoms with van der Waals surface area (Å²) in [7, 11) is 0. The number of hydrogen-bond acceptors (Lipinski definition) is 4. The van der Waals surface area contributed by atoms with Gasteiger partial charge in [-0.25, -0.2) is 4.39 Å². The molecule has 5 heteroatoms. The van der Waals surface area contributed by atoms with Crippen LogP contribution < -0.4 is 5.73 Å². The van der Waals surface area contributed by atoms with E-state index in [1.165, 1.54) is 12.3 Å². The van der Waals surface area contributed by atoms with Gasteiger partial charge in [-0.2, -0.15) is 0 Å². The van der Waals surface area contributed by atoms with Crippen LogP contribution in [0.3, 0.4) is 0 Å². The van der Waals surface area contributed by atoms with E-state index >= 15 is 0 Å². The lowest BCUT2D eigenvalue weighted by molar-refractivity contribution is 0.611. The number of pyridine rings is 1. The van der Waals surface area contributed by atoms with E-state index in [4.69, 9.17) is 5.73 Å². The second-order valence-corrected chi connectivity index (χ2v) is 4.19. The fraction of sp³-hybridized carbons (Fsp3) is 0.200. The maximum atomic E-state index is 12.9. The molecular weight excluding hydrogens is 213 g/mol. The van der Waals surface area contributed by atoms with Crippen molar-refractivity contribution >= 4 is 11.3 Å². The standard InChI is InChI=1S/C10H10FN3S/c11-8-1-7(3-13-4-8)10(12)2-9-5-14-6-15-9/h1,3-6,10H,2,12H2. The fourth-order valence-corrected chi connectivity index (χ4v) is 1.96. The summed E-state index contributed by atoms with van der Waals surface area (Å²) in [6.07, 6.45) is 5.20. The fourth-order valence-electron chi connectivity index (χ4n) is 1.31. The van der Waals surface area contributed by atoms with Gasteiger partial charge in [0.2, 0.25) is 0 Å². The molecule has 0 spiro atoms. The first-order chi connectivity index (χ1) is 7.25. The quantitative estimate of drug-likeness (QED) is 0.864. The normalized spacial score (nSPS) is 12.7. The molecule has 2 N–H and O–H groups in total. The molecule has 0 amide bonds. The summed E-state index contributed by atoms with van der Waals surface area (Å²) in [6.45, 7) is 0. The van der Waals surface area contributed by atoms with Crippen LogP contribution in [0.5, 0.6) is 0 Å². The first-order valence-electron chi connectivity index (χ1n) is 4.49. The molecule has 0 saturated heterocycles. The van der Waals surface area contributed by atoms with Crippen molar-refractivity contribution in [3.8, 4) is 0 Å². The predicted octanol–water partition coefficient (Wildman–Crippen LogP) is 1.92. The second kappa shape index (κ2) is 4.46. The number of halogens is 1. The number of aromatic nitrogens is 2. The minimum absolute atomic E-state index is 0.228. The average molecular weight is 223 g/mol. The Balaban J connectivity index is 2.11. The summed E-state index contributed by atoms with van der Waals surface area (Å²) in [5.74, 6) is -0.354. The highest BCUT2D eigenvalue weighted by Crippen LogP contribution is 2.17. The Morgan fingerprint density at radius 2 is 2.20 bits per heavy atom. The summed E-state index contributed by atoms with van der Waals surface area (Å²) in [5, 5.41) is 0. The van der Waals surface area contributed by atoms with E-state index in [9.17, 15) is 4.39 Å². The Kier molecular flexibility index (Phi) is 3.03. The Bertz CT molecular complexity index is 430. The van der Waals surface area contributed by atoms with Crippen molar-refractivity contribution in [2.45, 2.75) is 12.5 Å². The van der Waals surface area contributed by atoms with Crippen LogP contribution in [0.4, 0.5) is 4.39 Å². The molecule has 0 radical (unpaired) electrons. The lowest BCUT2D eigenvalue weighted by Crippen LogP contribution is -2.13. The molecule has 0 saturated carbocycles. The molecule has 0 aliphatic heterocycles. The number of thiazole rings is 1. The third-order valence-corrected chi connectivity index (χ3v) is 2.86. The minimum atomic E-state index is -0.354. The van der Waals surface area contributed by atoms with Crippen LogP contribution in [-0.2, 0) is 6.42 Å². The van der Waals surface area contributed by atoms with Crippen LogP contribution in [0.2, 0.25) is 0 Å². The second-order valence-electron chi connectivity index (χ2n) is 3.21. The van der Waals surface area contributed by atoms with Gasteiger partial charge >= 0.3 is 0 Å². The molecule has 2 rings (SSSR count). The number of hydrogen-bond donors (Lipinski definition) is 1. The van der Waals surface area contributed by atoms with E-state index in [0.717, 1.165) is 4.88 Å². The third-order valence-electron chi connectivity index (χ3n) is 2.06. The topological polar surface area (TPSA) is 51.8 Å². The molecule has 0 aliphatic carbocycles. The molecule has 0 fully saturated rings. The smallest absolute Gasteiger partial charge is 0.141 e. The Morgan fingerprint density at radius 1 is 1.33 bits per heavy atom. The van der Waals surface area contributed by atoms with Crippen molar-refractivity contribution in [2.24, 2.45) is 5.73 Å². The molecule has 0 bridgehead atoms. The molecule has 1 atom stereocenters. The molecule has 2 heterocycles. The van der Waals surface area contributed by atoms with E-state index in [1.807, 2.05) is 0 Å². The molecule has 3 nitrogen and oxygen atoms in total. The Labute approximate surface area is 90.8 Å². The highest BCUT2D eigenvalue weighted by molar-refractivity contribution is 7.09. The van der Waals surface area contributed by atoms with Gasteiger partial charge in [-0.1, -0.05) is 0 Å². The molecule has 15 heavy (non-hydrogen) atoms. The molecule has 0 aromatic carbocycles. The van der Waals surface area contributed by atoms with Crippen LogP contribution in [0, 0.1) is 5.82 Å². The molecule has 1 unspecified atom stereocenters. The van der Waals surface area contributed by atoms with E-state index in [2.05, 4.69) is 9.97 Å². The van der Waals surface area contributed by atoms with Crippen LogP contribution >= 0.6 is 11.3 Å². The third kappa shape index (κ3) is 2.57. The van der Waals surface area contributed by atoms with Gasteiger partial charge in [0.1, 0.15) is 5.82 Å². The SMILES string of the molecule is NC(Cc1cncs1)c1cncc(F)c1. The van der Waals surface area contributed by atoms with Gasteiger partial charge in [-0.15, -0.1) is 11.3 Å².